The minimum atomic E-state index is -0.274. The van der Waals surface area contributed by atoms with Crippen LogP contribution < -0.4 is 5.01 Å². The van der Waals surface area contributed by atoms with Crippen molar-refractivity contribution in [2.24, 2.45) is 5.10 Å². The predicted molar refractivity (Wildman–Crippen MR) is 100 cm³/mol. The third-order valence-corrected chi connectivity index (χ3v) is 4.79. The summed E-state index contributed by atoms with van der Waals surface area (Å²) in [5, 5.41) is 6.62. The first-order chi connectivity index (χ1) is 12.1. The SMILES string of the molecule is Cc1ccc(C2=NN(c3cccc(F)c3)C(c3ccc(Br)cc3)C2)o1. The van der Waals surface area contributed by atoms with Crippen molar-refractivity contribution >= 4 is 27.3 Å². The third kappa shape index (κ3) is 3.24. The molecule has 126 valence electrons. The lowest BCUT2D eigenvalue weighted by molar-refractivity contribution is 0.524. The van der Waals surface area contributed by atoms with E-state index in [4.69, 9.17) is 9.52 Å². The van der Waals surface area contributed by atoms with Crippen LogP contribution in [0.4, 0.5) is 10.1 Å². The van der Waals surface area contributed by atoms with Crippen LogP contribution in [0.3, 0.4) is 0 Å². The van der Waals surface area contributed by atoms with E-state index >= 15 is 0 Å². The van der Waals surface area contributed by atoms with Crippen molar-refractivity contribution in [3.8, 4) is 0 Å². The standard InChI is InChI=1S/C20H16BrFN2O/c1-13-5-10-20(25-13)18-12-19(14-6-8-15(21)9-7-14)24(23-18)17-4-2-3-16(22)11-17/h2-11,19H,12H2,1H3. The van der Waals surface area contributed by atoms with Crippen LogP contribution in [0.25, 0.3) is 0 Å². The highest BCUT2D eigenvalue weighted by atomic mass is 79.9. The van der Waals surface area contributed by atoms with Gasteiger partial charge in [-0.2, -0.15) is 5.10 Å². The van der Waals surface area contributed by atoms with E-state index in [-0.39, 0.29) is 11.9 Å². The summed E-state index contributed by atoms with van der Waals surface area (Å²) in [5.41, 5.74) is 2.71. The highest BCUT2D eigenvalue weighted by molar-refractivity contribution is 9.10. The monoisotopic (exact) mass is 398 g/mol. The number of halogens is 2. The van der Waals surface area contributed by atoms with Gasteiger partial charge in [0.15, 0.2) is 0 Å². The van der Waals surface area contributed by atoms with E-state index in [1.165, 1.54) is 12.1 Å². The summed E-state index contributed by atoms with van der Waals surface area (Å²) in [7, 11) is 0. The van der Waals surface area contributed by atoms with E-state index in [1.54, 1.807) is 6.07 Å². The molecule has 1 atom stereocenters. The number of benzene rings is 2. The number of nitrogens with zero attached hydrogens (tertiary/aromatic N) is 2. The Morgan fingerprint density at radius 2 is 1.92 bits per heavy atom. The molecule has 1 aliphatic heterocycles. The van der Waals surface area contributed by atoms with Crippen molar-refractivity contribution in [1.82, 2.24) is 0 Å². The molecule has 0 spiro atoms. The van der Waals surface area contributed by atoms with Crippen molar-refractivity contribution in [1.29, 1.82) is 0 Å². The molecule has 1 aromatic heterocycles. The molecule has 2 aromatic carbocycles. The van der Waals surface area contributed by atoms with Crippen LogP contribution >= 0.6 is 15.9 Å². The molecule has 0 amide bonds. The number of hydrogen-bond donors (Lipinski definition) is 0. The Bertz CT molecular complexity index is 933. The van der Waals surface area contributed by atoms with E-state index in [2.05, 4.69) is 28.1 Å². The average Bonchev–Trinajstić information content (AvgIpc) is 3.22. The Hall–Kier alpha value is -2.40. The number of aryl methyl sites for hydroxylation is 1. The van der Waals surface area contributed by atoms with E-state index in [0.29, 0.717) is 6.42 Å². The van der Waals surface area contributed by atoms with Gasteiger partial charge in [0.05, 0.1) is 11.7 Å². The first-order valence-corrected chi connectivity index (χ1v) is 8.84. The van der Waals surface area contributed by atoms with E-state index in [0.717, 1.165) is 33.0 Å². The first kappa shape index (κ1) is 16.1. The smallest absolute Gasteiger partial charge is 0.150 e. The molecular formula is C20H16BrFN2O. The van der Waals surface area contributed by atoms with Gasteiger partial charge in [-0.05, 0) is 55.0 Å². The highest BCUT2D eigenvalue weighted by Gasteiger charge is 2.31. The molecule has 3 aromatic rings. The van der Waals surface area contributed by atoms with Crippen molar-refractivity contribution in [2.75, 3.05) is 5.01 Å². The Labute approximate surface area is 153 Å². The number of hydrazone groups is 1. The normalized spacial score (nSPS) is 17.0. The van der Waals surface area contributed by atoms with Gasteiger partial charge in [-0.1, -0.05) is 34.1 Å². The minimum Gasteiger partial charge on any atom is -0.460 e. The molecule has 0 saturated heterocycles. The lowest BCUT2D eigenvalue weighted by Gasteiger charge is -2.24. The minimum absolute atomic E-state index is 0.00435. The summed E-state index contributed by atoms with van der Waals surface area (Å²) in [5.74, 6) is 1.34. The fourth-order valence-corrected chi connectivity index (χ4v) is 3.31. The second-order valence-electron chi connectivity index (χ2n) is 6.05. The quantitative estimate of drug-likeness (QED) is 0.553. The molecule has 2 heterocycles. The number of hydrogen-bond acceptors (Lipinski definition) is 3. The van der Waals surface area contributed by atoms with Gasteiger partial charge in [0.2, 0.25) is 0 Å². The molecule has 0 fully saturated rings. The molecule has 1 aliphatic rings. The highest BCUT2D eigenvalue weighted by Crippen LogP contribution is 2.37. The van der Waals surface area contributed by atoms with Crippen LogP contribution in [0.1, 0.15) is 29.5 Å². The van der Waals surface area contributed by atoms with Gasteiger partial charge in [0, 0.05) is 10.9 Å². The van der Waals surface area contributed by atoms with Gasteiger partial charge in [-0.3, -0.25) is 5.01 Å². The fourth-order valence-electron chi connectivity index (χ4n) is 3.05. The van der Waals surface area contributed by atoms with Crippen LogP contribution in [-0.2, 0) is 0 Å². The maximum atomic E-state index is 13.7. The Kier molecular flexibility index (Phi) is 4.17. The van der Waals surface area contributed by atoms with Crippen LogP contribution in [-0.4, -0.2) is 5.71 Å². The maximum absolute atomic E-state index is 13.7. The fraction of sp³-hybridized carbons (Fsp3) is 0.150. The molecule has 0 radical (unpaired) electrons. The zero-order valence-electron chi connectivity index (χ0n) is 13.6. The summed E-state index contributed by atoms with van der Waals surface area (Å²) < 4.78 is 20.5. The molecule has 0 bridgehead atoms. The molecule has 4 rings (SSSR count). The van der Waals surface area contributed by atoms with E-state index < -0.39 is 0 Å². The number of furan rings is 1. The molecule has 0 saturated carbocycles. The van der Waals surface area contributed by atoms with Crippen LogP contribution in [0.5, 0.6) is 0 Å². The summed E-state index contributed by atoms with van der Waals surface area (Å²) in [6.07, 6.45) is 0.700. The van der Waals surface area contributed by atoms with Gasteiger partial charge in [0.1, 0.15) is 23.0 Å². The van der Waals surface area contributed by atoms with Crippen molar-refractivity contribution in [3.05, 3.63) is 88.0 Å². The molecule has 3 nitrogen and oxygen atoms in total. The van der Waals surface area contributed by atoms with Gasteiger partial charge in [-0.25, -0.2) is 4.39 Å². The Balaban J connectivity index is 1.76. The van der Waals surface area contributed by atoms with Crippen molar-refractivity contribution in [2.45, 2.75) is 19.4 Å². The molecule has 25 heavy (non-hydrogen) atoms. The number of rotatable bonds is 3. The zero-order valence-corrected chi connectivity index (χ0v) is 15.2. The number of anilines is 1. The Morgan fingerprint density at radius 3 is 2.60 bits per heavy atom. The van der Waals surface area contributed by atoms with Crippen molar-refractivity contribution in [3.63, 3.8) is 0 Å². The largest absolute Gasteiger partial charge is 0.460 e. The maximum Gasteiger partial charge on any atom is 0.150 e. The molecule has 1 unspecified atom stereocenters. The second-order valence-corrected chi connectivity index (χ2v) is 6.97. The lowest BCUT2D eigenvalue weighted by atomic mass is 10.0. The van der Waals surface area contributed by atoms with E-state index in [1.807, 2.05) is 42.3 Å². The zero-order chi connectivity index (χ0) is 17.4. The van der Waals surface area contributed by atoms with Crippen LogP contribution in [0.2, 0.25) is 0 Å². The van der Waals surface area contributed by atoms with Crippen LogP contribution in [0.15, 0.2) is 74.7 Å². The summed E-state index contributed by atoms with van der Waals surface area (Å²) in [6.45, 7) is 1.91. The summed E-state index contributed by atoms with van der Waals surface area (Å²) >= 11 is 3.47. The van der Waals surface area contributed by atoms with Gasteiger partial charge in [-0.15, -0.1) is 0 Å². The van der Waals surface area contributed by atoms with Crippen LogP contribution in [0, 0.1) is 12.7 Å². The molecular weight excluding hydrogens is 383 g/mol. The summed E-state index contributed by atoms with van der Waals surface area (Å²) in [4.78, 5) is 0. The predicted octanol–water partition coefficient (Wildman–Crippen LogP) is 5.85. The molecule has 0 aliphatic carbocycles. The van der Waals surface area contributed by atoms with Gasteiger partial charge < -0.3 is 4.42 Å². The first-order valence-electron chi connectivity index (χ1n) is 8.05. The Morgan fingerprint density at radius 1 is 1.12 bits per heavy atom. The average molecular weight is 399 g/mol. The summed E-state index contributed by atoms with van der Waals surface area (Å²) in [6, 6.07) is 18.5. The van der Waals surface area contributed by atoms with Gasteiger partial charge >= 0.3 is 0 Å². The van der Waals surface area contributed by atoms with Gasteiger partial charge in [0.25, 0.3) is 0 Å². The van der Waals surface area contributed by atoms with E-state index in [9.17, 15) is 4.39 Å². The third-order valence-electron chi connectivity index (χ3n) is 4.26. The second kappa shape index (κ2) is 6.48. The molecule has 0 N–H and O–H groups in total. The molecule has 5 heteroatoms. The van der Waals surface area contributed by atoms with Crippen molar-refractivity contribution < 1.29 is 8.81 Å². The topological polar surface area (TPSA) is 28.7 Å². The lowest BCUT2D eigenvalue weighted by Crippen LogP contribution is -2.18.